The Bertz CT molecular complexity index is 362. The van der Waals surface area contributed by atoms with Crippen molar-refractivity contribution in [2.75, 3.05) is 19.6 Å². The van der Waals surface area contributed by atoms with Gasteiger partial charge in [0, 0.05) is 36.3 Å². The molecule has 0 unspecified atom stereocenters. The van der Waals surface area contributed by atoms with Crippen molar-refractivity contribution in [3.8, 4) is 5.75 Å². The van der Waals surface area contributed by atoms with Crippen molar-refractivity contribution in [1.82, 2.24) is 10.6 Å². The highest BCUT2D eigenvalue weighted by Crippen LogP contribution is 2.31. The Morgan fingerprint density at radius 2 is 2.20 bits per heavy atom. The molecule has 1 aromatic rings. The first-order valence-corrected chi connectivity index (χ1v) is 5.49. The van der Waals surface area contributed by atoms with Crippen LogP contribution in [0.25, 0.3) is 0 Å². The molecule has 0 amide bonds. The topological polar surface area (TPSA) is 44.3 Å². The first kappa shape index (κ1) is 10.7. The Morgan fingerprint density at radius 3 is 2.87 bits per heavy atom. The van der Waals surface area contributed by atoms with E-state index >= 15 is 0 Å². The summed E-state index contributed by atoms with van der Waals surface area (Å²) < 4.78 is 0. The quantitative estimate of drug-likeness (QED) is 0.682. The van der Waals surface area contributed by atoms with Gasteiger partial charge in [-0.3, -0.25) is 0 Å². The van der Waals surface area contributed by atoms with Gasteiger partial charge < -0.3 is 15.7 Å². The number of nitrogens with one attached hydrogen (secondary N) is 2. The minimum Gasteiger partial charge on any atom is -0.507 e. The molecule has 82 valence electrons. The summed E-state index contributed by atoms with van der Waals surface area (Å²) in [6, 6.07) is 3.75. The van der Waals surface area contributed by atoms with E-state index in [1.165, 1.54) is 0 Å². The molecule has 1 aliphatic heterocycles. The van der Waals surface area contributed by atoms with E-state index in [0.29, 0.717) is 10.8 Å². The summed E-state index contributed by atoms with van der Waals surface area (Å²) in [5.74, 6) is 0.348. The fourth-order valence-electron chi connectivity index (χ4n) is 1.90. The molecule has 1 aromatic carbocycles. The van der Waals surface area contributed by atoms with Gasteiger partial charge in [-0.2, -0.15) is 0 Å². The van der Waals surface area contributed by atoms with E-state index in [-0.39, 0.29) is 6.04 Å². The zero-order valence-corrected chi connectivity index (χ0v) is 9.43. The monoisotopic (exact) mass is 226 g/mol. The van der Waals surface area contributed by atoms with Gasteiger partial charge in [-0.05, 0) is 24.6 Å². The Balaban J connectivity index is 2.33. The summed E-state index contributed by atoms with van der Waals surface area (Å²) >= 11 is 5.98. The number of aromatic hydroxyl groups is 1. The maximum Gasteiger partial charge on any atom is 0.123 e. The van der Waals surface area contributed by atoms with Crippen molar-refractivity contribution in [3.63, 3.8) is 0 Å². The molecule has 3 nitrogen and oxygen atoms in total. The molecular weight excluding hydrogens is 212 g/mol. The molecule has 4 heteroatoms. The van der Waals surface area contributed by atoms with E-state index in [0.717, 1.165) is 30.8 Å². The van der Waals surface area contributed by atoms with E-state index in [2.05, 4.69) is 10.6 Å². The first-order valence-electron chi connectivity index (χ1n) is 5.11. The van der Waals surface area contributed by atoms with Crippen molar-refractivity contribution in [3.05, 3.63) is 28.3 Å². The lowest BCUT2D eigenvalue weighted by Crippen LogP contribution is -2.42. The van der Waals surface area contributed by atoms with Crippen molar-refractivity contribution in [2.45, 2.75) is 13.0 Å². The van der Waals surface area contributed by atoms with Crippen LogP contribution < -0.4 is 10.6 Å². The van der Waals surface area contributed by atoms with Gasteiger partial charge in [0.2, 0.25) is 0 Å². The molecule has 1 aliphatic rings. The predicted molar refractivity (Wildman–Crippen MR) is 61.5 cm³/mol. The van der Waals surface area contributed by atoms with E-state index in [9.17, 15) is 5.11 Å². The van der Waals surface area contributed by atoms with Crippen LogP contribution in [-0.4, -0.2) is 24.7 Å². The lowest BCUT2D eigenvalue weighted by Gasteiger charge is -2.26. The Kier molecular flexibility index (Phi) is 3.14. The second-order valence-corrected chi connectivity index (χ2v) is 4.31. The third kappa shape index (κ3) is 2.25. The van der Waals surface area contributed by atoms with E-state index in [4.69, 9.17) is 11.6 Å². The number of piperazine rings is 1. The zero-order valence-electron chi connectivity index (χ0n) is 8.68. The highest BCUT2D eigenvalue weighted by atomic mass is 35.5. The highest BCUT2D eigenvalue weighted by molar-refractivity contribution is 6.30. The number of phenols is 1. The van der Waals surface area contributed by atoms with E-state index in [1.807, 2.05) is 13.0 Å². The van der Waals surface area contributed by atoms with Crippen LogP contribution >= 0.6 is 11.6 Å². The van der Waals surface area contributed by atoms with Gasteiger partial charge in [0.15, 0.2) is 0 Å². The van der Waals surface area contributed by atoms with Crippen molar-refractivity contribution < 1.29 is 5.11 Å². The molecule has 1 fully saturated rings. The molecule has 0 saturated carbocycles. The lowest BCUT2D eigenvalue weighted by molar-refractivity contribution is 0.403. The molecule has 0 aromatic heterocycles. The standard InChI is InChI=1S/C11H15ClN2O/c1-7-4-8(12)5-9(11(7)15)10-6-13-2-3-14-10/h4-5,10,13-15H,2-3,6H2,1H3/t10-/m0/s1. The molecule has 0 radical (unpaired) electrons. The Morgan fingerprint density at radius 1 is 1.40 bits per heavy atom. The number of phenolic OH excluding ortho intramolecular Hbond substituents is 1. The van der Waals surface area contributed by atoms with Gasteiger partial charge in [-0.1, -0.05) is 11.6 Å². The fourth-order valence-corrected chi connectivity index (χ4v) is 2.18. The molecule has 1 atom stereocenters. The average Bonchev–Trinajstić information content (AvgIpc) is 2.24. The third-order valence-electron chi connectivity index (χ3n) is 2.71. The van der Waals surface area contributed by atoms with Crippen LogP contribution in [-0.2, 0) is 0 Å². The van der Waals surface area contributed by atoms with Gasteiger partial charge >= 0.3 is 0 Å². The Labute approximate surface area is 94.4 Å². The second-order valence-electron chi connectivity index (χ2n) is 3.87. The molecular formula is C11H15ClN2O. The molecule has 3 N–H and O–H groups in total. The van der Waals surface area contributed by atoms with Crippen LogP contribution in [0.4, 0.5) is 0 Å². The van der Waals surface area contributed by atoms with Crippen LogP contribution in [0.15, 0.2) is 12.1 Å². The smallest absolute Gasteiger partial charge is 0.123 e. The molecule has 0 bridgehead atoms. The largest absolute Gasteiger partial charge is 0.507 e. The third-order valence-corrected chi connectivity index (χ3v) is 2.93. The molecule has 1 saturated heterocycles. The molecule has 15 heavy (non-hydrogen) atoms. The first-order chi connectivity index (χ1) is 7.18. The predicted octanol–water partition coefficient (Wildman–Crippen LogP) is 1.59. The minimum atomic E-state index is 0.149. The van der Waals surface area contributed by atoms with Crippen molar-refractivity contribution >= 4 is 11.6 Å². The van der Waals surface area contributed by atoms with Crippen LogP contribution in [0, 0.1) is 6.92 Å². The summed E-state index contributed by atoms with van der Waals surface area (Å²) in [5.41, 5.74) is 1.71. The van der Waals surface area contributed by atoms with Gasteiger partial charge in [-0.25, -0.2) is 0 Å². The lowest BCUT2D eigenvalue weighted by atomic mass is 10.0. The number of aryl methyl sites for hydroxylation is 1. The second kappa shape index (κ2) is 4.39. The Hall–Kier alpha value is -0.770. The number of rotatable bonds is 1. The zero-order chi connectivity index (χ0) is 10.8. The SMILES string of the molecule is Cc1cc(Cl)cc([C@@H]2CNCCN2)c1O. The van der Waals surface area contributed by atoms with Crippen LogP contribution in [0.5, 0.6) is 5.75 Å². The summed E-state index contributed by atoms with van der Waals surface area (Å²) in [7, 11) is 0. The van der Waals surface area contributed by atoms with Crippen LogP contribution in [0.1, 0.15) is 17.2 Å². The minimum absolute atomic E-state index is 0.149. The highest BCUT2D eigenvalue weighted by Gasteiger charge is 2.19. The van der Waals surface area contributed by atoms with Gasteiger partial charge in [0.25, 0.3) is 0 Å². The summed E-state index contributed by atoms with van der Waals surface area (Å²) in [6.45, 7) is 4.57. The normalized spacial score (nSPS) is 21.6. The average molecular weight is 227 g/mol. The van der Waals surface area contributed by atoms with Crippen molar-refractivity contribution in [1.29, 1.82) is 0 Å². The maximum atomic E-state index is 9.95. The van der Waals surface area contributed by atoms with E-state index < -0.39 is 0 Å². The van der Waals surface area contributed by atoms with E-state index in [1.54, 1.807) is 6.07 Å². The van der Waals surface area contributed by atoms with Gasteiger partial charge in [-0.15, -0.1) is 0 Å². The summed E-state index contributed by atoms with van der Waals surface area (Å²) in [6.07, 6.45) is 0. The maximum absolute atomic E-state index is 9.95. The number of hydrogen-bond acceptors (Lipinski definition) is 3. The van der Waals surface area contributed by atoms with Gasteiger partial charge in [0.05, 0.1) is 0 Å². The number of hydrogen-bond donors (Lipinski definition) is 3. The number of benzene rings is 1. The molecule has 0 spiro atoms. The van der Waals surface area contributed by atoms with Crippen molar-refractivity contribution in [2.24, 2.45) is 0 Å². The molecule has 2 rings (SSSR count). The van der Waals surface area contributed by atoms with Crippen LogP contribution in [0.3, 0.4) is 0 Å². The summed E-state index contributed by atoms with van der Waals surface area (Å²) in [5, 5.41) is 17.3. The van der Waals surface area contributed by atoms with Gasteiger partial charge in [0.1, 0.15) is 5.75 Å². The molecule has 0 aliphatic carbocycles. The number of halogens is 1. The van der Waals surface area contributed by atoms with Crippen LogP contribution in [0.2, 0.25) is 5.02 Å². The fraction of sp³-hybridized carbons (Fsp3) is 0.455. The summed E-state index contributed by atoms with van der Waals surface area (Å²) in [4.78, 5) is 0. The molecule has 1 heterocycles.